The van der Waals surface area contributed by atoms with E-state index in [-0.39, 0.29) is 23.0 Å². The summed E-state index contributed by atoms with van der Waals surface area (Å²) in [4.78, 5) is 12.0. The average molecular weight is 584 g/mol. The molecule has 5 rings (SSSR count). The highest BCUT2D eigenvalue weighted by Crippen LogP contribution is 2.37. The number of benzene rings is 2. The third-order valence-electron chi connectivity index (χ3n) is 6.58. The maximum Gasteiger partial charge on any atom is 0.407 e. The zero-order valence-corrected chi connectivity index (χ0v) is 24.4. The van der Waals surface area contributed by atoms with Gasteiger partial charge in [0.1, 0.15) is 27.4 Å². The Labute approximate surface area is 238 Å². The number of amides is 1. The summed E-state index contributed by atoms with van der Waals surface area (Å²) in [5, 5.41) is 11.5. The fourth-order valence-electron chi connectivity index (χ4n) is 4.80. The first-order chi connectivity index (χ1) is 19.5. The van der Waals surface area contributed by atoms with Crippen molar-refractivity contribution in [3.63, 3.8) is 0 Å². The first-order valence-electron chi connectivity index (χ1n) is 13.1. The van der Waals surface area contributed by atoms with Crippen molar-refractivity contribution in [1.82, 2.24) is 20.3 Å². The number of sulfonamides is 1. The van der Waals surface area contributed by atoms with E-state index in [1.54, 1.807) is 62.1 Å². The number of rotatable bonds is 9. The molecule has 2 aromatic carbocycles. The normalized spacial score (nSPS) is 13.2. The van der Waals surface area contributed by atoms with Gasteiger partial charge in [-0.15, -0.1) is 0 Å². The summed E-state index contributed by atoms with van der Waals surface area (Å²) in [5.74, 6) is 0.678. The monoisotopic (exact) mass is 583 g/mol. The number of aromatic nitrogens is 3. The summed E-state index contributed by atoms with van der Waals surface area (Å²) in [6.07, 6.45) is 5.65. The Morgan fingerprint density at radius 2 is 1.78 bits per heavy atom. The van der Waals surface area contributed by atoms with E-state index in [2.05, 4.69) is 20.3 Å². The maximum absolute atomic E-state index is 13.4. The van der Waals surface area contributed by atoms with Crippen LogP contribution in [0.3, 0.4) is 0 Å². The Balaban J connectivity index is 1.34. The van der Waals surface area contributed by atoms with Crippen LogP contribution in [0.2, 0.25) is 0 Å². The molecular formula is C28H33N5O7S. The van der Waals surface area contributed by atoms with Gasteiger partial charge in [-0.1, -0.05) is 5.16 Å². The van der Waals surface area contributed by atoms with Crippen molar-refractivity contribution >= 4 is 32.9 Å². The van der Waals surface area contributed by atoms with Crippen LogP contribution in [0.4, 0.5) is 10.6 Å². The molecule has 4 aromatic rings. The molecule has 0 saturated heterocycles. The second-order valence-corrected chi connectivity index (χ2v) is 12.5. The summed E-state index contributed by atoms with van der Waals surface area (Å²) in [6.45, 7) is 6.03. The zero-order valence-electron chi connectivity index (χ0n) is 23.6. The molecule has 2 heterocycles. The van der Waals surface area contributed by atoms with Crippen molar-refractivity contribution in [2.75, 3.05) is 18.9 Å². The number of hydrogen-bond donors (Lipinski definition) is 2. The molecule has 0 unspecified atom stereocenters. The van der Waals surface area contributed by atoms with E-state index >= 15 is 0 Å². The molecule has 0 fully saturated rings. The Kier molecular flexibility index (Phi) is 7.56. The van der Waals surface area contributed by atoms with Crippen LogP contribution in [0.5, 0.6) is 11.5 Å². The van der Waals surface area contributed by atoms with Crippen LogP contribution >= 0.6 is 0 Å². The lowest BCUT2D eigenvalue weighted by Crippen LogP contribution is -2.32. The van der Waals surface area contributed by atoms with Gasteiger partial charge in [0, 0.05) is 18.3 Å². The molecule has 2 aromatic heterocycles. The van der Waals surface area contributed by atoms with Gasteiger partial charge in [-0.2, -0.15) is 5.10 Å². The molecule has 12 nitrogen and oxygen atoms in total. The standard InChI is InChI=1S/C28H33N5O7S/c1-28(2,3)39-27(34)29-13-18-14-30-33(16-18)15-17-9-22(38-5)25-23(10-17)40-31-26(25)32-41(35,36)24-12-20-8-6-7-19(20)11-21(24)37-4/h9-12,14,16H,6-8,13,15H2,1-5H3,(H,29,34)(H,31,32). The minimum atomic E-state index is -4.05. The lowest BCUT2D eigenvalue weighted by Gasteiger charge is -2.19. The first-order valence-corrected chi connectivity index (χ1v) is 14.6. The average Bonchev–Trinajstić information content (AvgIpc) is 3.65. The van der Waals surface area contributed by atoms with Gasteiger partial charge < -0.3 is 24.1 Å². The molecular weight excluding hydrogens is 550 g/mol. The molecule has 0 radical (unpaired) electrons. The number of carbonyl (C=O) groups is 1. The van der Waals surface area contributed by atoms with Crippen LogP contribution in [0.15, 0.2) is 46.1 Å². The Hall–Kier alpha value is -4.26. The van der Waals surface area contributed by atoms with Crippen LogP contribution in [-0.4, -0.2) is 49.3 Å². The lowest BCUT2D eigenvalue weighted by atomic mass is 10.1. The second kappa shape index (κ2) is 11.0. The highest BCUT2D eigenvalue weighted by Gasteiger charge is 2.27. The second-order valence-electron chi connectivity index (χ2n) is 10.8. The van der Waals surface area contributed by atoms with Gasteiger partial charge in [-0.3, -0.25) is 9.40 Å². The van der Waals surface area contributed by atoms with E-state index < -0.39 is 21.7 Å². The number of nitrogens with zero attached hydrogens (tertiary/aromatic N) is 3. The van der Waals surface area contributed by atoms with Gasteiger partial charge in [0.25, 0.3) is 10.0 Å². The molecule has 0 aliphatic heterocycles. The summed E-state index contributed by atoms with van der Waals surface area (Å²) < 4.78 is 52.9. The number of methoxy groups -OCH3 is 2. The van der Waals surface area contributed by atoms with E-state index in [0.29, 0.717) is 23.3 Å². The molecule has 0 saturated carbocycles. The Bertz CT molecular complexity index is 1700. The fraction of sp³-hybridized carbons (Fsp3) is 0.393. The first kappa shape index (κ1) is 28.3. The van der Waals surface area contributed by atoms with Gasteiger partial charge in [-0.25, -0.2) is 13.2 Å². The highest BCUT2D eigenvalue weighted by atomic mass is 32.2. The quantitative estimate of drug-likeness (QED) is 0.293. The number of nitrogens with one attached hydrogen (secondary N) is 2. The Morgan fingerprint density at radius 1 is 1.05 bits per heavy atom. The van der Waals surface area contributed by atoms with Crippen molar-refractivity contribution in [2.45, 2.75) is 63.6 Å². The third kappa shape index (κ3) is 6.24. The molecule has 41 heavy (non-hydrogen) atoms. The number of alkyl carbamates (subject to hydrolysis) is 1. The predicted molar refractivity (Wildman–Crippen MR) is 151 cm³/mol. The van der Waals surface area contributed by atoms with Crippen molar-refractivity contribution < 1.29 is 31.9 Å². The zero-order chi connectivity index (χ0) is 29.4. The van der Waals surface area contributed by atoms with Crippen molar-refractivity contribution in [2.24, 2.45) is 0 Å². The smallest absolute Gasteiger partial charge is 0.407 e. The van der Waals surface area contributed by atoms with Gasteiger partial charge >= 0.3 is 6.09 Å². The van der Waals surface area contributed by atoms with Crippen molar-refractivity contribution in [3.05, 3.63) is 58.9 Å². The predicted octanol–water partition coefficient (Wildman–Crippen LogP) is 4.40. The largest absolute Gasteiger partial charge is 0.496 e. The molecule has 1 aliphatic carbocycles. The molecule has 2 N–H and O–H groups in total. The van der Waals surface area contributed by atoms with Crippen LogP contribution in [-0.2, 0) is 40.7 Å². The summed E-state index contributed by atoms with van der Waals surface area (Å²) in [5.41, 5.74) is 3.45. The molecule has 218 valence electrons. The minimum absolute atomic E-state index is 0.0144. The van der Waals surface area contributed by atoms with E-state index in [0.717, 1.165) is 41.5 Å². The lowest BCUT2D eigenvalue weighted by molar-refractivity contribution is 0.0523. The van der Waals surface area contributed by atoms with E-state index in [4.69, 9.17) is 18.7 Å². The summed E-state index contributed by atoms with van der Waals surface area (Å²) in [7, 11) is -1.11. The van der Waals surface area contributed by atoms with E-state index in [9.17, 15) is 13.2 Å². The van der Waals surface area contributed by atoms with E-state index in [1.807, 2.05) is 0 Å². The molecule has 0 spiro atoms. The van der Waals surface area contributed by atoms with Gasteiger partial charge in [0.15, 0.2) is 11.4 Å². The van der Waals surface area contributed by atoms with Crippen LogP contribution in [0.1, 0.15) is 49.4 Å². The third-order valence-corrected chi connectivity index (χ3v) is 7.94. The fourth-order valence-corrected chi connectivity index (χ4v) is 6.01. The van der Waals surface area contributed by atoms with Crippen LogP contribution < -0.4 is 19.5 Å². The number of ether oxygens (including phenoxy) is 3. The number of hydrogen-bond acceptors (Lipinski definition) is 9. The van der Waals surface area contributed by atoms with Crippen molar-refractivity contribution in [1.29, 1.82) is 0 Å². The van der Waals surface area contributed by atoms with Gasteiger partial charge in [-0.05, 0) is 81.0 Å². The molecule has 0 bridgehead atoms. The number of anilines is 1. The van der Waals surface area contributed by atoms with E-state index in [1.165, 1.54) is 14.2 Å². The Morgan fingerprint density at radius 3 is 2.49 bits per heavy atom. The van der Waals surface area contributed by atoms with Gasteiger partial charge in [0.05, 0.1) is 27.0 Å². The van der Waals surface area contributed by atoms with Crippen LogP contribution in [0, 0.1) is 0 Å². The number of aryl methyl sites for hydroxylation is 2. The minimum Gasteiger partial charge on any atom is -0.496 e. The molecule has 13 heteroatoms. The van der Waals surface area contributed by atoms with Crippen molar-refractivity contribution in [3.8, 4) is 11.5 Å². The molecule has 1 amide bonds. The highest BCUT2D eigenvalue weighted by molar-refractivity contribution is 7.92. The topological polar surface area (TPSA) is 147 Å². The number of fused-ring (bicyclic) bond motifs is 2. The number of carbonyl (C=O) groups excluding carboxylic acids is 1. The maximum atomic E-state index is 13.4. The molecule has 1 aliphatic rings. The summed E-state index contributed by atoms with van der Waals surface area (Å²) >= 11 is 0. The summed E-state index contributed by atoms with van der Waals surface area (Å²) in [6, 6.07) is 6.98. The van der Waals surface area contributed by atoms with Crippen LogP contribution in [0.25, 0.3) is 11.0 Å². The molecule has 0 atom stereocenters. The van der Waals surface area contributed by atoms with Gasteiger partial charge in [0.2, 0.25) is 0 Å². The SMILES string of the molecule is COc1cc2c(cc1S(=O)(=O)Nc1noc3cc(Cn4cc(CNC(=O)OC(C)(C)C)cn4)cc(OC)c13)CCC2.